The van der Waals surface area contributed by atoms with Crippen LogP contribution in [0.3, 0.4) is 0 Å². The fourth-order valence-corrected chi connectivity index (χ4v) is 2.21. The molecule has 3 heteroatoms. The molecule has 2 N–H and O–H groups in total. The van der Waals surface area contributed by atoms with Gasteiger partial charge in [0.25, 0.3) is 0 Å². The average molecular weight is 265 g/mol. The predicted molar refractivity (Wildman–Crippen MR) is 79.9 cm³/mol. The minimum Gasteiger partial charge on any atom is -0.493 e. The van der Waals surface area contributed by atoms with Crippen LogP contribution in [0, 0.1) is 13.8 Å². The van der Waals surface area contributed by atoms with Gasteiger partial charge in [-0.1, -0.05) is 19.1 Å². The van der Waals surface area contributed by atoms with E-state index in [1.807, 2.05) is 0 Å². The van der Waals surface area contributed by atoms with E-state index in [4.69, 9.17) is 15.2 Å². The number of methoxy groups -OCH3 is 1. The van der Waals surface area contributed by atoms with Gasteiger partial charge in [0, 0.05) is 26.2 Å². The summed E-state index contributed by atoms with van der Waals surface area (Å²) in [7, 11) is 1.71. The van der Waals surface area contributed by atoms with Gasteiger partial charge in [0.2, 0.25) is 0 Å². The molecule has 1 aromatic rings. The quantitative estimate of drug-likeness (QED) is 0.735. The molecule has 0 saturated carbocycles. The van der Waals surface area contributed by atoms with Crippen molar-refractivity contribution >= 4 is 0 Å². The third-order valence-electron chi connectivity index (χ3n) is 3.28. The summed E-state index contributed by atoms with van der Waals surface area (Å²) in [6.07, 6.45) is 2.85. The first-order valence-electron chi connectivity index (χ1n) is 7.05. The fourth-order valence-electron chi connectivity index (χ4n) is 2.21. The van der Waals surface area contributed by atoms with Crippen molar-refractivity contribution < 1.29 is 9.47 Å². The Labute approximate surface area is 117 Å². The maximum Gasteiger partial charge on any atom is 0.125 e. The summed E-state index contributed by atoms with van der Waals surface area (Å²) in [6, 6.07) is 4.62. The topological polar surface area (TPSA) is 44.5 Å². The van der Waals surface area contributed by atoms with Crippen LogP contribution in [0.1, 0.15) is 36.5 Å². The molecule has 1 atom stereocenters. The van der Waals surface area contributed by atoms with E-state index in [2.05, 4.69) is 32.9 Å². The Bertz CT molecular complexity index is 367. The normalized spacial score (nSPS) is 12.5. The number of rotatable bonds is 8. The summed E-state index contributed by atoms with van der Waals surface area (Å²) in [5, 5.41) is 0. The number of aryl methyl sites for hydroxylation is 2. The first-order valence-corrected chi connectivity index (χ1v) is 7.05. The Morgan fingerprint density at radius 2 is 1.79 bits per heavy atom. The molecule has 0 saturated heterocycles. The van der Waals surface area contributed by atoms with E-state index in [9.17, 15) is 0 Å². The molecular weight excluding hydrogens is 238 g/mol. The zero-order valence-corrected chi connectivity index (χ0v) is 12.7. The SMILES string of the molecule is CCC(N)Cc1cc(C)c(OCCCOC)c(C)c1. The minimum atomic E-state index is 0.243. The Morgan fingerprint density at radius 1 is 1.16 bits per heavy atom. The van der Waals surface area contributed by atoms with E-state index in [1.165, 1.54) is 16.7 Å². The van der Waals surface area contributed by atoms with E-state index in [1.54, 1.807) is 7.11 Å². The van der Waals surface area contributed by atoms with Crippen LogP contribution in [0.25, 0.3) is 0 Å². The lowest BCUT2D eigenvalue weighted by Crippen LogP contribution is -2.21. The maximum atomic E-state index is 6.01. The van der Waals surface area contributed by atoms with Gasteiger partial charge in [-0.25, -0.2) is 0 Å². The third-order valence-corrected chi connectivity index (χ3v) is 3.28. The molecule has 1 rings (SSSR count). The van der Waals surface area contributed by atoms with E-state index < -0.39 is 0 Å². The molecule has 1 unspecified atom stereocenters. The summed E-state index contributed by atoms with van der Waals surface area (Å²) in [5.41, 5.74) is 9.69. The molecule has 0 aliphatic carbocycles. The lowest BCUT2D eigenvalue weighted by atomic mass is 9.99. The second-order valence-corrected chi connectivity index (χ2v) is 5.13. The smallest absolute Gasteiger partial charge is 0.125 e. The molecule has 0 spiro atoms. The summed E-state index contributed by atoms with van der Waals surface area (Å²) in [6.45, 7) is 7.75. The summed E-state index contributed by atoms with van der Waals surface area (Å²) >= 11 is 0. The minimum absolute atomic E-state index is 0.243. The molecular formula is C16H27NO2. The molecule has 0 aliphatic rings. The Kier molecular flexibility index (Phi) is 6.89. The summed E-state index contributed by atoms with van der Waals surface area (Å²) < 4.78 is 10.9. The van der Waals surface area contributed by atoms with Crippen LogP contribution < -0.4 is 10.5 Å². The van der Waals surface area contributed by atoms with Gasteiger partial charge in [-0.2, -0.15) is 0 Å². The molecule has 3 nitrogen and oxygen atoms in total. The van der Waals surface area contributed by atoms with E-state index in [-0.39, 0.29) is 6.04 Å². The Balaban J connectivity index is 2.68. The second-order valence-electron chi connectivity index (χ2n) is 5.13. The summed E-state index contributed by atoms with van der Waals surface area (Å²) in [4.78, 5) is 0. The molecule has 0 amide bonds. The van der Waals surface area contributed by atoms with E-state index >= 15 is 0 Å². The van der Waals surface area contributed by atoms with Crippen molar-refractivity contribution in [2.45, 2.75) is 46.1 Å². The molecule has 0 bridgehead atoms. The molecule has 1 aromatic carbocycles. The first kappa shape index (κ1) is 16.0. The zero-order chi connectivity index (χ0) is 14.3. The highest BCUT2D eigenvalue weighted by Crippen LogP contribution is 2.25. The van der Waals surface area contributed by atoms with Gasteiger partial charge in [-0.15, -0.1) is 0 Å². The van der Waals surface area contributed by atoms with Crippen LogP contribution >= 0.6 is 0 Å². The van der Waals surface area contributed by atoms with Crippen LogP contribution in [-0.2, 0) is 11.2 Å². The number of nitrogens with two attached hydrogens (primary N) is 1. The van der Waals surface area contributed by atoms with Crippen molar-refractivity contribution in [1.82, 2.24) is 0 Å². The van der Waals surface area contributed by atoms with Gasteiger partial charge in [-0.05, 0) is 43.4 Å². The molecule has 0 aromatic heterocycles. The highest BCUT2D eigenvalue weighted by molar-refractivity contribution is 5.43. The van der Waals surface area contributed by atoms with Gasteiger partial charge in [0.05, 0.1) is 6.61 Å². The predicted octanol–water partition coefficient (Wildman–Crippen LogP) is 3.00. The van der Waals surface area contributed by atoms with Crippen molar-refractivity contribution in [2.24, 2.45) is 5.73 Å². The largest absolute Gasteiger partial charge is 0.493 e. The fraction of sp³-hybridized carbons (Fsp3) is 0.625. The first-order chi connectivity index (χ1) is 9.08. The lowest BCUT2D eigenvalue weighted by molar-refractivity contribution is 0.171. The molecule has 108 valence electrons. The van der Waals surface area contributed by atoms with Gasteiger partial charge in [0.15, 0.2) is 0 Å². The highest BCUT2D eigenvalue weighted by atomic mass is 16.5. The molecule has 19 heavy (non-hydrogen) atoms. The second kappa shape index (κ2) is 8.18. The number of benzene rings is 1. The van der Waals surface area contributed by atoms with E-state index in [0.29, 0.717) is 6.61 Å². The summed E-state index contributed by atoms with van der Waals surface area (Å²) in [5.74, 6) is 1.00. The van der Waals surface area contributed by atoms with Crippen molar-refractivity contribution in [2.75, 3.05) is 20.3 Å². The molecule has 0 fully saturated rings. The van der Waals surface area contributed by atoms with Crippen LogP contribution in [0.2, 0.25) is 0 Å². The molecule has 0 aliphatic heterocycles. The van der Waals surface area contributed by atoms with Crippen molar-refractivity contribution in [1.29, 1.82) is 0 Å². The van der Waals surface area contributed by atoms with Crippen LogP contribution in [0.15, 0.2) is 12.1 Å². The van der Waals surface area contributed by atoms with Crippen molar-refractivity contribution in [3.63, 3.8) is 0 Å². The molecule has 0 radical (unpaired) electrons. The van der Waals surface area contributed by atoms with E-state index in [0.717, 1.165) is 31.6 Å². The monoisotopic (exact) mass is 265 g/mol. The van der Waals surface area contributed by atoms with Crippen molar-refractivity contribution in [3.8, 4) is 5.75 Å². The van der Waals surface area contributed by atoms with Crippen LogP contribution in [0.4, 0.5) is 0 Å². The molecule has 0 heterocycles. The zero-order valence-electron chi connectivity index (χ0n) is 12.7. The number of hydrogen-bond acceptors (Lipinski definition) is 3. The number of ether oxygens (including phenoxy) is 2. The Morgan fingerprint density at radius 3 is 2.32 bits per heavy atom. The standard InChI is InChI=1S/C16H27NO2/c1-5-15(17)11-14-9-12(2)16(13(3)10-14)19-8-6-7-18-4/h9-10,15H,5-8,11,17H2,1-4H3. The maximum absolute atomic E-state index is 6.01. The van der Waals surface area contributed by atoms with Crippen LogP contribution in [0.5, 0.6) is 5.75 Å². The van der Waals surface area contributed by atoms with Gasteiger partial charge in [-0.3, -0.25) is 0 Å². The lowest BCUT2D eigenvalue weighted by Gasteiger charge is -2.15. The highest BCUT2D eigenvalue weighted by Gasteiger charge is 2.08. The van der Waals surface area contributed by atoms with Gasteiger partial charge < -0.3 is 15.2 Å². The third kappa shape index (κ3) is 5.21. The van der Waals surface area contributed by atoms with Gasteiger partial charge in [0.1, 0.15) is 5.75 Å². The van der Waals surface area contributed by atoms with Crippen LogP contribution in [-0.4, -0.2) is 26.4 Å². The Hall–Kier alpha value is -1.06. The number of hydrogen-bond donors (Lipinski definition) is 1. The van der Waals surface area contributed by atoms with Crippen molar-refractivity contribution in [3.05, 3.63) is 28.8 Å². The van der Waals surface area contributed by atoms with Gasteiger partial charge >= 0.3 is 0 Å². The average Bonchev–Trinajstić information content (AvgIpc) is 2.37.